The molecule has 5 nitrogen and oxygen atoms in total. The summed E-state index contributed by atoms with van der Waals surface area (Å²) in [6.45, 7) is 1.91. The summed E-state index contributed by atoms with van der Waals surface area (Å²) in [5, 5.41) is 8.70. The van der Waals surface area contributed by atoms with Crippen molar-refractivity contribution in [2.24, 2.45) is 0 Å². The summed E-state index contributed by atoms with van der Waals surface area (Å²) in [4.78, 5) is 23.2. The fourth-order valence-electron chi connectivity index (χ4n) is 1.69. The Morgan fingerprint density at radius 3 is 2.76 bits per heavy atom. The quantitative estimate of drug-likeness (QED) is 0.855. The monoisotopic (exact) mass is 239 g/mol. The standard InChI is InChI=1S/C11H10FNO4/c1-6-5-17-11(16)13(6)9-3-2-7(10(14)15)4-8(9)12/h2-4,6H,5H2,1H3,(H,14,15). The molecule has 1 aliphatic heterocycles. The molecule has 0 aliphatic carbocycles. The van der Waals surface area contributed by atoms with Crippen LogP contribution in [-0.2, 0) is 4.74 Å². The number of hydrogen-bond acceptors (Lipinski definition) is 3. The maximum absolute atomic E-state index is 13.7. The highest BCUT2D eigenvalue weighted by Crippen LogP contribution is 2.26. The summed E-state index contributed by atoms with van der Waals surface area (Å²) in [5.41, 5.74) is -0.128. The number of cyclic esters (lactones) is 1. The van der Waals surface area contributed by atoms with Crippen molar-refractivity contribution in [2.45, 2.75) is 13.0 Å². The van der Waals surface area contributed by atoms with E-state index < -0.39 is 17.9 Å². The van der Waals surface area contributed by atoms with Gasteiger partial charge in [0.1, 0.15) is 12.4 Å². The molecule has 2 rings (SSSR count). The molecule has 1 fully saturated rings. The first-order valence-electron chi connectivity index (χ1n) is 4.99. The topological polar surface area (TPSA) is 66.8 Å². The highest BCUT2D eigenvalue weighted by Gasteiger charge is 2.32. The second-order valence-electron chi connectivity index (χ2n) is 3.77. The Bertz CT molecular complexity index is 488. The van der Waals surface area contributed by atoms with Crippen LogP contribution < -0.4 is 4.90 Å². The second kappa shape index (κ2) is 4.04. The number of anilines is 1. The maximum Gasteiger partial charge on any atom is 0.414 e. The van der Waals surface area contributed by atoms with Crippen LogP contribution in [0.15, 0.2) is 18.2 Å². The molecule has 1 heterocycles. The first-order chi connectivity index (χ1) is 8.00. The Morgan fingerprint density at radius 1 is 1.59 bits per heavy atom. The van der Waals surface area contributed by atoms with Gasteiger partial charge in [-0.25, -0.2) is 14.0 Å². The molecule has 1 unspecified atom stereocenters. The number of halogens is 1. The van der Waals surface area contributed by atoms with Crippen molar-refractivity contribution in [3.05, 3.63) is 29.6 Å². The van der Waals surface area contributed by atoms with Crippen LogP contribution in [0.25, 0.3) is 0 Å². The van der Waals surface area contributed by atoms with Crippen molar-refractivity contribution < 1.29 is 23.8 Å². The van der Waals surface area contributed by atoms with Crippen molar-refractivity contribution in [3.8, 4) is 0 Å². The van der Waals surface area contributed by atoms with E-state index in [9.17, 15) is 14.0 Å². The Labute approximate surface area is 96.4 Å². The predicted molar refractivity (Wildman–Crippen MR) is 56.6 cm³/mol. The molecule has 0 bridgehead atoms. The van der Waals surface area contributed by atoms with Crippen molar-refractivity contribution in [1.82, 2.24) is 0 Å². The maximum atomic E-state index is 13.7. The van der Waals surface area contributed by atoms with Gasteiger partial charge in [0.25, 0.3) is 0 Å². The summed E-state index contributed by atoms with van der Waals surface area (Å²) in [7, 11) is 0. The zero-order valence-corrected chi connectivity index (χ0v) is 9.01. The lowest BCUT2D eigenvalue weighted by molar-refractivity contribution is 0.0696. The number of amides is 1. The lowest BCUT2D eigenvalue weighted by atomic mass is 10.1. The highest BCUT2D eigenvalue weighted by atomic mass is 19.1. The zero-order valence-electron chi connectivity index (χ0n) is 9.01. The molecule has 1 saturated heterocycles. The minimum Gasteiger partial charge on any atom is -0.478 e. The fourth-order valence-corrected chi connectivity index (χ4v) is 1.69. The number of carboxylic acids is 1. The molecule has 1 N–H and O–H groups in total. The van der Waals surface area contributed by atoms with Crippen LogP contribution >= 0.6 is 0 Å². The van der Waals surface area contributed by atoms with Gasteiger partial charge in [-0.2, -0.15) is 0 Å². The minimum atomic E-state index is -1.22. The average Bonchev–Trinajstić information content (AvgIpc) is 2.59. The minimum absolute atomic E-state index is 0.0324. The molecule has 0 aromatic heterocycles. The Hall–Kier alpha value is -2.11. The molecule has 1 amide bonds. The van der Waals surface area contributed by atoms with E-state index in [2.05, 4.69) is 0 Å². The molecule has 17 heavy (non-hydrogen) atoms. The molecule has 1 aromatic carbocycles. The number of carbonyl (C=O) groups excluding carboxylic acids is 1. The van der Waals surface area contributed by atoms with E-state index in [1.807, 2.05) is 0 Å². The van der Waals surface area contributed by atoms with Crippen LogP contribution in [0.5, 0.6) is 0 Å². The number of rotatable bonds is 2. The number of ether oxygens (including phenoxy) is 1. The fraction of sp³-hybridized carbons (Fsp3) is 0.273. The van der Waals surface area contributed by atoms with Gasteiger partial charge < -0.3 is 9.84 Å². The van der Waals surface area contributed by atoms with Crippen LogP contribution in [0.1, 0.15) is 17.3 Å². The molecule has 90 valence electrons. The van der Waals surface area contributed by atoms with E-state index >= 15 is 0 Å². The Balaban J connectivity index is 2.40. The number of hydrogen-bond donors (Lipinski definition) is 1. The van der Waals surface area contributed by atoms with Crippen molar-refractivity contribution in [1.29, 1.82) is 0 Å². The molecule has 0 saturated carbocycles. The van der Waals surface area contributed by atoms with Crippen molar-refractivity contribution in [2.75, 3.05) is 11.5 Å². The predicted octanol–water partition coefficient (Wildman–Crippen LogP) is 1.87. The molecule has 1 aromatic rings. The third-order valence-corrected chi connectivity index (χ3v) is 2.54. The molecular formula is C11H10FNO4. The normalized spacial score (nSPS) is 19.3. The van der Waals surface area contributed by atoms with Crippen LogP contribution in [0.3, 0.4) is 0 Å². The molecule has 1 aliphatic rings. The lowest BCUT2D eigenvalue weighted by Crippen LogP contribution is -2.31. The van der Waals surface area contributed by atoms with E-state index in [4.69, 9.17) is 9.84 Å². The molecule has 1 atom stereocenters. The molecule has 0 radical (unpaired) electrons. The van der Waals surface area contributed by atoms with E-state index in [1.54, 1.807) is 6.92 Å². The van der Waals surface area contributed by atoms with E-state index in [-0.39, 0.29) is 23.9 Å². The number of carboxylic acid groups (broad SMARTS) is 1. The van der Waals surface area contributed by atoms with E-state index in [0.29, 0.717) is 0 Å². The van der Waals surface area contributed by atoms with Gasteiger partial charge in [0.15, 0.2) is 0 Å². The van der Waals surface area contributed by atoms with Crippen LogP contribution in [0.2, 0.25) is 0 Å². The number of benzene rings is 1. The van der Waals surface area contributed by atoms with Crippen molar-refractivity contribution in [3.63, 3.8) is 0 Å². The molecule has 0 spiro atoms. The highest BCUT2D eigenvalue weighted by molar-refractivity contribution is 5.92. The largest absolute Gasteiger partial charge is 0.478 e. The van der Waals surface area contributed by atoms with Gasteiger partial charge in [0.2, 0.25) is 0 Å². The van der Waals surface area contributed by atoms with Crippen LogP contribution in [0.4, 0.5) is 14.9 Å². The molecule has 6 heteroatoms. The summed E-state index contributed by atoms with van der Waals surface area (Å²) >= 11 is 0. The Kier molecular flexibility index (Phi) is 2.71. The van der Waals surface area contributed by atoms with Gasteiger partial charge in [0, 0.05) is 0 Å². The van der Waals surface area contributed by atoms with Gasteiger partial charge in [-0.05, 0) is 25.1 Å². The lowest BCUT2D eigenvalue weighted by Gasteiger charge is -2.18. The van der Waals surface area contributed by atoms with Gasteiger partial charge in [0.05, 0.1) is 17.3 Å². The number of nitrogens with zero attached hydrogens (tertiary/aromatic N) is 1. The van der Waals surface area contributed by atoms with Gasteiger partial charge >= 0.3 is 12.1 Å². The summed E-state index contributed by atoms with van der Waals surface area (Å²) in [5.74, 6) is -1.97. The third-order valence-electron chi connectivity index (χ3n) is 2.54. The zero-order chi connectivity index (χ0) is 12.6. The van der Waals surface area contributed by atoms with Gasteiger partial charge in [-0.15, -0.1) is 0 Å². The van der Waals surface area contributed by atoms with Crippen LogP contribution in [-0.4, -0.2) is 29.8 Å². The van der Waals surface area contributed by atoms with Crippen molar-refractivity contribution >= 4 is 17.7 Å². The number of carbonyl (C=O) groups is 2. The van der Waals surface area contributed by atoms with Gasteiger partial charge in [-0.1, -0.05) is 0 Å². The summed E-state index contributed by atoms with van der Waals surface area (Å²) in [6.07, 6.45) is -0.625. The summed E-state index contributed by atoms with van der Waals surface area (Å²) < 4.78 is 18.5. The summed E-state index contributed by atoms with van der Waals surface area (Å²) in [6, 6.07) is 3.13. The SMILES string of the molecule is CC1COC(=O)N1c1ccc(C(=O)O)cc1F. The first-order valence-corrected chi connectivity index (χ1v) is 4.99. The van der Waals surface area contributed by atoms with E-state index in [0.717, 1.165) is 6.07 Å². The first kappa shape index (κ1) is 11.4. The smallest absolute Gasteiger partial charge is 0.414 e. The van der Waals surface area contributed by atoms with Crippen LogP contribution in [0, 0.1) is 5.82 Å². The van der Waals surface area contributed by atoms with Gasteiger partial charge in [-0.3, -0.25) is 4.90 Å². The molecular weight excluding hydrogens is 229 g/mol. The number of aromatic carboxylic acids is 1. The third kappa shape index (κ3) is 1.93. The van der Waals surface area contributed by atoms with E-state index in [1.165, 1.54) is 17.0 Å². The Morgan fingerprint density at radius 2 is 2.29 bits per heavy atom. The second-order valence-corrected chi connectivity index (χ2v) is 3.77. The average molecular weight is 239 g/mol.